The van der Waals surface area contributed by atoms with Gasteiger partial charge >= 0.3 is 0 Å². The van der Waals surface area contributed by atoms with Crippen LogP contribution in [-0.4, -0.2) is 18.9 Å². The van der Waals surface area contributed by atoms with Gasteiger partial charge in [-0.2, -0.15) is 0 Å². The van der Waals surface area contributed by atoms with Gasteiger partial charge in [0.15, 0.2) is 0 Å². The summed E-state index contributed by atoms with van der Waals surface area (Å²) in [5.74, 6) is 0.397. The van der Waals surface area contributed by atoms with Crippen LogP contribution in [0.25, 0.3) is 6.08 Å². The van der Waals surface area contributed by atoms with Crippen LogP contribution >= 0.6 is 11.8 Å². The lowest BCUT2D eigenvalue weighted by molar-refractivity contribution is -0.112. The first-order chi connectivity index (χ1) is 15.0. The lowest BCUT2D eigenvalue weighted by Crippen LogP contribution is -2.23. The van der Waals surface area contributed by atoms with Crippen molar-refractivity contribution in [1.82, 2.24) is 5.32 Å². The zero-order valence-electron chi connectivity index (χ0n) is 17.3. The van der Waals surface area contributed by atoms with Gasteiger partial charge in [0, 0.05) is 17.0 Å². The number of nitrogens with one attached hydrogen (secondary N) is 2. The molecule has 0 fully saturated rings. The van der Waals surface area contributed by atoms with Gasteiger partial charge in [-0.1, -0.05) is 53.7 Å². The average Bonchev–Trinajstić information content (AvgIpc) is 2.79. The zero-order chi connectivity index (χ0) is 21.8. The summed E-state index contributed by atoms with van der Waals surface area (Å²) >= 11 is 1.39. The van der Waals surface area contributed by atoms with Gasteiger partial charge < -0.3 is 15.4 Å². The van der Waals surface area contributed by atoms with Crippen LogP contribution in [0.5, 0.6) is 5.75 Å². The number of rotatable bonds is 5. The monoisotopic (exact) mass is 430 g/mol. The number of fused-ring (bicyclic) bond motifs is 1. The van der Waals surface area contributed by atoms with Gasteiger partial charge in [-0.15, -0.1) is 0 Å². The van der Waals surface area contributed by atoms with Crippen LogP contribution in [0, 0.1) is 6.92 Å². The van der Waals surface area contributed by atoms with Crippen LogP contribution < -0.4 is 15.4 Å². The first-order valence-electron chi connectivity index (χ1n) is 9.84. The van der Waals surface area contributed by atoms with Crippen molar-refractivity contribution in [3.8, 4) is 5.75 Å². The van der Waals surface area contributed by atoms with E-state index in [-0.39, 0.29) is 11.8 Å². The van der Waals surface area contributed by atoms with E-state index in [1.54, 1.807) is 19.2 Å². The molecule has 31 heavy (non-hydrogen) atoms. The number of hydrogen-bond acceptors (Lipinski definition) is 4. The van der Waals surface area contributed by atoms with Crippen molar-refractivity contribution < 1.29 is 14.3 Å². The summed E-state index contributed by atoms with van der Waals surface area (Å²) in [5.41, 5.74) is 4.28. The molecule has 0 spiro atoms. The molecule has 0 aromatic heterocycles. The Morgan fingerprint density at radius 1 is 1.06 bits per heavy atom. The van der Waals surface area contributed by atoms with E-state index in [4.69, 9.17) is 4.74 Å². The molecular formula is C25H22N2O3S. The molecule has 0 radical (unpaired) electrons. The van der Waals surface area contributed by atoms with Crippen LogP contribution in [0.1, 0.15) is 27.0 Å². The summed E-state index contributed by atoms with van der Waals surface area (Å²) in [5, 5.41) is 5.82. The van der Waals surface area contributed by atoms with E-state index >= 15 is 0 Å². The number of aryl methyl sites for hydroxylation is 1. The van der Waals surface area contributed by atoms with E-state index in [0.717, 1.165) is 21.8 Å². The largest absolute Gasteiger partial charge is 0.497 e. The summed E-state index contributed by atoms with van der Waals surface area (Å²) in [6, 6.07) is 20.9. The van der Waals surface area contributed by atoms with Crippen LogP contribution in [0.15, 0.2) is 76.5 Å². The zero-order valence-corrected chi connectivity index (χ0v) is 18.1. The van der Waals surface area contributed by atoms with Crippen LogP contribution in [-0.2, 0) is 11.3 Å². The maximum atomic E-state index is 12.6. The molecule has 0 unspecified atom stereocenters. The highest BCUT2D eigenvalue weighted by Gasteiger charge is 2.22. The number of anilines is 1. The third-order valence-corrected chi connectivity index (χ3v) is 6.02. The Labute approximate surface area is 185 Å². The molecule has 0 aliphatic carbocycles. The van der Waals surface area contributed by atoms with Gasteiger partial charge in [-0.05, 0) is 54.5 Å². The molecule has 1 heterocycles. The van der Waals surface area contributed by atoms with E-state index < -0.39 is 0 Å². The number of methoxy groups -OCH3 is 1. The second-order valence-corrected chi connectivity index (χ2v) is 8.30. The highest BCUT2D eigenvalue weighted by atomic mass is 32.2. The van der Waals surface area contributed by atoms with Gasteiger partial charge in [0.05, 0.1) is 17.7 Å². The van der Waals surface area contributed by atoms with Crippen molar-refractivity contribution in [3.63, 3.8) is 0 Å². The molecular weight excluding hydrogens is 408 g/mol. The van der Waals surface area contributed by atoms with Crippen molar-refractivity contribution in [2.75, 3.05) is 12.4 Å². The second kappa shape index (κ2) is 9.10. The summed E-state index contributed by atoms with van der Waals surface area (Å²) in [4.78, 5) is 26.6. The predicted molar refractivity (Wildman–Crippen MR) is 124 cm³/mol. The van der Waals surface area contributed by atoms with E-state index in [2.05, 4.69) is 10.6 Å². The summed E-state index contributed by atoms with van der Waals surface area (Å²) in [6.07, 6.45) is 1.84. The molecule has 0 bridgehead atoms. The number of benzene rings is 3. The molecule has 0 saturated heterocycles. The molecule has 3 aromatic rings. The molecule has 156 valence electrons. The normalized spacial score (nSPS) is 14.0. The van der Waals surface area contributed by atoms with E-state index in [1.165, 1.54) is 17.3 Å². The lowest BCUT2D eigenvalue weighted by Gasteiger charge is -2.19. The standard InChI is InChI=1S/C25H22N2O3S/c1-16-3-5-18(6-4-16)15-26-24(28)19-9-12-22-21(14-19)27-25(29)23(31-22)13-17-7-10-20(30-2)11-8-17/h3-14H,15H2,1-2H3,(H,26,28)(H,27,29). The molecule has 0 atom stereocenters. The van der Waals surface area contributed by atoms with Crippen molar-refractivity contribution in [2.24, 2.45) is 0 Å². The topological polar surface area (TPSA) is 67.4 Å². The van der Waals surface area contributed by atoms with E-state index in [1.807, 2.05) is 67.6 Å². The van der Waals surface area contributed by atoms with Crippen LogP contribution in [0.3, 0.4) is 0 Å². The van der Waals surface area contributed by atoms with Crippen LogP contribution in [0.4, 0.5) is 5.69 Å². The summed E-state index contributed by atoms with van der Waals surface area (Å²) in [6.45, 7) is 2.48. The van der Waals surface area contributed by atoms with Gasteiger partial charge in [0.25, 0.3) is 11.8 Å². The van der Waals surface area contributed by atoms with Crippen molar-refractivity contribution in [3.05, 3.63) is 93.9 Å². The van der Waals surface area contributed by atoms with E-state index in [9.17, 15) is 9.59 Å². The average molecular weight is 431 g/mol. The van der Waals surface area contributed by atoms with Gasteiger partial charge in [0.1, 0.15) is 5.75 Å². The first-order valence-corrected chi connectivity index (χ1v) is 10.7. The number of hydrogen-bond donors (Lipinski definition) is 2. The highest BCUT2D eigenvalue weighted by molar-refractivity contribution is 8.04. The molecule has 2 amide bonds. The smallest absolute Gasteiger partial charge is 0.262 e. The molecule has 0 saturated carbocycles. The molecule has 1 aliphatic rings. The number of thioether (sulfide) groups is 1. The third kappa shape index (κ3) is 4.98. The number of carbonyl (C=O) groups excluding carboxylic acids is 2. The Balaban J connectivity index is 1.46. The van der Waals surface area contributed by atoms with Crippen molar-refractivity contribution >= 4 is 35.3 Å². The Morgan fingerprint density at radius 2 is 1.81 bits per heavy atom. The minimum Gasteiger partial charge on any atom is -0.497 e. The highest BCUT2D eigenvalue weighted by Crippen LogP contribution is 2.39. The maximum absolute atomic E-state index is 12.6. The minimum atomic E-state index is -0.189. The van der Waals surface area contributed by atoms with Crippen LogP contribution in [0.2, 0.25) is 0 Å². The Bertz CT molecular complexity index is 1150. The Kier molecular flexibility index (Phi) is 6.09. The lowest BCUT2D eigenvalue weighted by atomic mass is 10.1. The Morgan fingerprint density at radius 3 is 2.52 bits per heavy atom. The molecule has 6 heteroatoms. The first kappa shape index (κ1) is 20.8. The number of ether oxygens (including phenoxy) is 1. The van der Waals surface area contributed by atoms with E-state index in [0.29, 0.717) is 22.7 Å². The third-order valence-electron chi connectivity index (χ3n) is 4.92. The molecule has 2 N–H and O–H groups in total. The maximum Gasteiger partial charge on any atom is 0.262 e. The number of amides is 2. The fraction of sp³-hybridized carbons (Fsp3) is 0.120. The SMILES string of the molecule is COc1ccc(C=C2Sc3ccc(C(=O)NCc4ccc(C)cc4)cc3NC2=O)cc1. The Hall–Kier alpha value is -3.51. The fourth-order valence-corrected chi connectivity index (χ4v) is 4.08. The predicted octanol–water partition coefficient (Wildman–Crippen LogP) is 5.02. The molecule has 5 nitrogen and oxygen atoms in total. The van der Waals surface area contributed by atoms with Gasteiger partial charge in [0.2, 0.25) is 0 Å². The molecule has 1 aliphatic heterocycles. The van der Waals surface area contributed by atoms with Crippen molar-refractivity contribution in [1.29, 1.82) is 0 Å². The molecule has 3 aromatic carbocycles. The number of carbonyl (C=O) groups is 2. The molecule has 4 rings (SSSR count). The van der Waals surface area contributed by atoms with Gasteiger partial charge in [-0.25, -0.2) is 0 Å². The summed E-state index contributed by atoms with van der Waals surface area (Å²) < 4.78 is 5.17. The quantitative estimate of drug-likeness (QED) is 0.558. The van der Waals surface area contributed by atoms with Gasteiger partial charge in [-0.3, -0.25) is 9.59 Å². The second-order valence-electron chi connectivity index (χ2n) is 7.22. The summed E-state index contributed by atoms with van der Waals surface area (Å²) in [7, 11) is 1.62. The fourth-order valence-electron chi connectivity index (χ4n) is 3.14. The van der Waals surface area contributed by atoms with Crippen molar-refractivity contribution in [2.45, 2.75) is 18.4 Å². The minimum absolute atomic E-state index is 0.179.